The van der Waals surface area contributed by atoms with Crippen molar-refractivity contribution in [2.24, 2.45) is 0 Å². The number of benzene rings is 1. The summed E-state index contributed by atoms with van der Waals surface area (Å²) < 4.78 is 26.8. The molecule has 0 unspecified atom stereocenters. The van der Waals surface area contributed by atoms with Crippen LogP contribution in [0.25, 0.3) is 0 Å². The Hall–Kier alpha value is -1.93. The Kier molecular flexibility index (Phi) is 6.16. The molecule has 2 fully saturated rings. The molecule has 7 nitrogen and oxygen atoms in total. The van der Waals surface area contributed by atoms with Crippen LogP contribution in [0.2, 0.25) is 0 Å². The van der Waals surface area contributed by atoms with Gasteiger partial charge >= 0.3 is 5.97 Å². The Morgan fingerprint density at radius 2 is 1.67 bits per heavy atom. The highest BCUT2D eigenvalue weighted by atomic mass is 32.2. The first-order valence-corrected chi connectivity index (χ1v) is 10.9. The number of carbonyl (C=O) groups is 2. The molecule has 148 valence electrons. The standard InChI is InChI=1S/C19H26N2O5S/c22-18(21-14-4-5-17(21)19(23)24)11-8-15-6-9-16(10-7-15)27(25,26)20-12-2-1-3-13-20/h6-7,9-10,17H,1-5,8,11-14H2,(H,23,24)/t17-/m0/s1. The monoisotopic (exact) mass is 394 g/mol. The number of rotatable bonds is 6. The maximum atomic E-state index is 12.6. The van der Waals surface area contributed by atoms with Crippen molar-refractivity contribution in [2.45, 2.75) is 55.9 Å². The van der Waals surface area contributed by atoms with Gasteiger partial charge in [-0.1, -0.05) is 18.6 Å². The lowest BCUT2D eigenvalue weighted by atomic mass is 10.1. The highest BCUT2D eigenvalue weighted by molar-refractivity contribution is 7.89. The number of carboxylic acid groups (broad SMARTS) is 1. The zero-order valence-electron chi connectivity index (χ0n) is 15.3. The summed E-state index contributed by atoms with van der Waals surface area (Å²) in [6, 6.07) is 5.96. The van der Waals surface area contributed by atoms with Gasteiger partial charge in [0, 0.05) is 26.1 Å². The van der Waals surface area contributed by atoms with E-state index in [1.54, 1.807) is 24.3 Å². The third-order valence-corrected chi connectivity index (χ3v) is 7.27. The van der Waals surface area contributed by atoms with Gasteiger partial charge in [0.1, 0.15) is 6.04 Å². The number of likely N-dealkylation sites (tertiary alicyclic amines) is 1. The van der Waals surface area contributed by atoms with E-state index in [0.29, 0.717) is 38.9 Å². The van der Waals surface area contributed by atoms with Gasteiger partial charge in [0.15, 0.2) is 0 Å². The molecule has 1 atom stereocenters. The summed E-state index contributed by atoms with van der Waals surface area (Å²) in [5.41, 5.74) is 0.868. The first-order chi connectivity index (χ1) is 12.9. The van der Waals surface area contributed by atoms with Crippen molar-refractivity contribution in [1.29, 1.82) is 0 Å². The second kappa shape index (κ2) is 8.39. The van der Waals surface area contributed by atoms with E-state index < -0.39 is 22.0 Å². The molecule has 1 amide bonds. The number of sulfonamides is 1. The van der Waals surface area contributed by atoms with E-state index in [1.165, 1.54) is 9.21 Å². The van der Waals surface area contributed by atoms with Crippen LogP contribution in [0.4, 0.5) is 0 Å². The molecule has 27 heavy (non-hydrogen) atoms. The van der Waals surface area contributed by atoms with Crippen LogP contribution >= 0.6 is 0 Å². The summed E-state index contributed by atoms with van der Waals surface area (Å²) in [7, 11) is -3.45. The van der Waals surface area contributed by atoms with Crippen LogP contribution in [-0.4, -0.2) is 60.3 Å². The van der Waals surface area contributed by atoms with Crippen LogP contribution in [0, 0.1) is 0 Å². The first-order valence-electron chi connectivity index (χ1n) is 9.51. The summed E-state index contributed by atoms with van der Waals surface area (Å²) in [6.45, 7) is 1.63. The average Bonchev–Trinajstić information content (AvgIpc) is 3.17. The highest BCUT2D eigenvalue weighted by Crippen LogP contribution is 2.22. The minimum atomic E-state index is -3.45. The second-order valence-electron chi connectivity index (χ2n) is 7.19. The average molecular weight is 394 g/mol. The number of nitrogens with zero attached hydrogens (tertiary/aromatic N) is 2. The summed E-state index contributed by atoms with van der Waals surface area (Å²) in [6.07, 6.45) is 4.77. The molecule has 0 aromatic heterocycles. The number of aryl methyl sites for hydroxylation is 1. The van der Waals surface area contributed by atoms with E-state index in [2.05, 4.69) is 0 Å². The molecule has 8 heteroatoms. The van der Waals surface area contributed by atoms with Gasteiger partial charge in [0.2, 0.25) is 15.9 Å². The van der Waals surface area contributed by atoms with Crippen LogP contribution in [0.1, 0.15) is 44.1 Å². The van der Waals surface area contributed by atoms with Gasteiger partial charge in [-0.25, -0.2) is 13.2 Å². The number of amides is 1. The van der Waals surface area contributed by atoms with Gasteiger partial charge in [-0.15, -0.1) is 0 Å². The smallest absolute Gasteiger partial charge is 0.326 e. The number of carboxylic acids is 1. The molecule has 0 radical (unpaired) electrons. The summed E-state index contributed by atoms with van der Waals surface area (Å²) in [5.74, 6) is -1.11. The Morgan fingerprint density at radius 1 is 1.00 bits per heavy atom. The number of aliphatic carboxylic acids is 1. The van der Waals surface area contributed by atoms with Gasteiger partial charge in [-0.05, 0) is 49.8 Å². The number of hydrogen-bond donors (Lipinski definition) is 1. The summed E-state index contributed by atoms with van der Waals surface area (Å²) in [5, 5.41) is 9.18. The van der Waals surface area contributed by atoms with E-state index >= 15 is 0 Å². The second-order valence-corrected chi connectivity index (χ2v) is 9.13. The normalized spacial score (nSPS) is 21.3. The van der Waals surface area contributed by atoms with Gasteiger partial charge < -0.3 is 10.0 Å². The SMILES string of the molecule is O=C(O)[C@@H]1CCCN1C(=O)CCc1ccc(S(=O)(=O)N2CCCCC2)cc1. The van der Waals surface area contributed by atoms with E-state index in [1.807, 2.05) is 0 Å². The molecule has 1 N–H and O–H groups in total. The molecule has 0 saturated carbocycles. The molecular formula is C19H26N2O5S. The Bertz CT molecular complexity index is 785. The lowest BCUT2D eigenvalue weighted by Crippen LogP contribution is -2.40. The van der Waals surface area contributed by atoms with Crippen molar-refractivity contribution in [3.05, 3.63) is 29.8 Å². The first kappa shape index (κ1) is 19.8. The van der Waals surface area contributed by atoms with Crippen LogP contribution in [0.15, 0.2) is 29.2 Å². The molecule has 1 aromatic carbocycles. The van der Waals surface area contributed by atoms with E-state index in [4.69, 9.17) is 0 Å². The van der Waals surface area contributed by atoms with Crippen molar-refractivity contribution < 1.29 is 23.1 Å². The lowest BCUT2D eigenvalue weighted by Gasteiger charge is -2.25. The van der Waals surface area contributed by atoms with Crippen LogP contribution < -0.4 is 0 Å². The van der Waals surface area contributed by atoms with E-state index in [-0.39, 0.29) is 17.2 Å². The lowest BCUT2D eigenvalue weighted by molar-refractivity contribution is -0.148. The van der Waals surface area contributed by atoms with Gasteiger partial charge in [-0.3, -0.25) is 4.79 Å². The Balaban J connectivity index is 1.59. The molecule has 0 aliphatic carbocycles. The quantitative estimate of drug-likeness (QED) is 0.795. The number of piperidine rings is 1. The predicted molar refractivity (Wildman–Crippen MR) is 99.7 cm³/mol. The third kappa shape index (κ3) is 4.50. The largest absolute Gasteiger partial charge is 0.480 e. The fourth-order valence-corrected chi connectivity index (χ4v) is 5.32. The topological polar surface area (TPSA) is 95.0 Å². The maximum absolute atomic E-state index is 12.6. The zero-order valence-corrected chi connectivity index (χ0v) is 16.2. The van der Waals surface area contributed by atoms with Crippen molar-refractivity contribution in [1.82, 2.24) is 9.21 Å². The molecular weight excluding hydrogens is 368 g/mol. The molecule has 2 saturated heterocycles. The van der Waals surface area contributed by atoms with Gasteiger partial charge in [-0.2, -0.15) is 4.31 Å². The highest BCUT2D eigenvalue weighted by Gasteiger charge is 2.33. The van der Waals surface area contributed by atoms with E-state index in [9.17, 15) is 23.1 Å². The Morgan fingerprint density at radius 3 is 2.30 bits per heavy atom. The van der Waals surface area contributed by atoms with Crippen LogP contribution in [0.5, 0.6) is 0 Å². The van der Waals surface area contributed by atoms with Crippen molar-refractivity contribution in [3.63, 3.8) is 0 Å². The number of hydrogen-bond acceptors (Lipinski definition) is 4. The Labute approximate surface area is 160 Å². The molecule has 2 heterocycles. The molecule has 3 rings (SSSR count). The van der Waals surface area contributed by atoms with Crippen molar-refractivity contribution >= 4 is 21.9 Å². The summed E-state index contributed by atoms with van der Waals surface area (Å²) >= 11 is 0. The fourth-order valence-electron chi connectivity index (χ4n) is 3.80. The minimum absolute atomic E-state index is 0.162. The molecule has 0 bridgehead atoms. The molecule has 2 aliphatic rings. The minimum Gasteiger partial charge on any atom is -0.480 e. The van der Waals surface area contributed by atoms with Gasteiger partial charge in [0.25, 0.3) is 0 Å². The maximum Gasteiger partial charge on any atom is 0.326 e. The molecule has 1 aromatic rings. The van der Waals surface area contributed by atoms with Crippen molar-refractivity contribution in [3.8, 4) is 0 Å². The van der Waals surface area contributed by atoms with Crippen LogP contribution in [-0.2, 0) is 26.0 Å². The summed E-state index contributed by atoms with van der Waals surface area (Å²) in [4.78, 5) is 25.2. The van der Waals surface area contributed by atoms with E-state index in [0.717, 1.165) is 24.8 Å². The zero-order chi connectivity index (χ0) is 19.4. The van der Waals surface area contributed by atoms with Gasteiger partial charge in [0.05, 0.1) is 4.90 Å². The molecule has 2 aliphatic heterocycles. The fraction of sp³-hybridized carbons (Fsp3) is 0.579. The number of carbonyl (C=O) groups excluding carboxylic acids is 1. The van der Waals surface area contributed by atoms with Crippen LogP contribution in [0.3, 0.4) is 0 Å². The third-order valence-electron chi connectivity index (χ3n) is 5.36. The predicted octanol–water partition coefficient (Wildman–Crippen LogP) is 1.87. The molecule has 0 spiro atoms. The van der Waals surface area contributed by atoms with Crippen molar-refractivity contribution in [2.75, 3.05) is 19.6 Å².